The summed E-state index contributed by atoms with van der Waals surface area (Å²) in [6.45, 7) is 2.65. The second-order valence-corrected chi connectivity index (χ2v) is 8.53. The Morgan fingerprint density at radius 2 is 1.91 bits per heavy atom. The fourth-order valence-corrected chi connectivity index (χ4v) is 4.68. The van der Waals surface area contributed by atoms with Gasteiger partial charge in [-0.05, 0) is 54.8 Å². The van der Waals surface area contributed by atoms with Crippen LogP contribution in [0.4, 0.5) is 10.5 Å². The Balaban J connectivity index is 1.58. The number of halogens is 1. The lowest BCUT2D eigenvalue weighted by molar-refractivity contribution is 0.193. The van der Waals surface area contributed by atoms with Crippen LogP contribution in [0.25, 0.3) is 10.9 Å². The second-order valence-electron chi connectivity index (χ2n) is 8.09. The van der Waals surface area contributed by atoms with Crippen molar-refractivity contribution in [2.45, 2.75) is 19.4 Å². The van der Waals surface area contributed by atoms with Crippen LogP contribution in [0.2, 0.25) is 5.02 Å². The number of rotatable bonds is 3. The van der Waals surface area contributed by atoms with Crippen LogP contribution in [0.15, 0.2) is 66.7 Å². The summed E-state index contributed by atoms with van der Waals surface area (Å²) in [7, 11) is 1.60. The third-order valence-corrected chi connectivity index (χ3v) is 6.33. The fourth-order valence-electron chi connectivity index (χ4n) is 4.51. The van der Waals surface area contributed by atoms with E-state index in [0.717, 1.165) is 28.6 Å². The van der Waals surface area contributed by atoms with Crippen molar-refractivity contribution in [1.82, 2.24) is 9.88 Å². The number of aromatic nitrogens is 1. The molecule has 32 heavy (non-hydrogen) atoms. The van der Waals surface area contributed by atoms with Crippen LogP contribution in [0.1, 0.15) is 28.4 Å². The lowest BCUT2D eigenvalue weighted by Gasteiger charge is -2.36. The summed E-state index contributed by atoms with van der Waals surface area (Å²) in [6.07, 6.45) is 0.747. The lowest BCUT2D eigenvalue weighted by Crippen LogP contribution is -2.43. The van der Waals surface area contributed by atoms with E-state index in [1.54, 1.807) is 7.11 Å². The van der Waals surface area contributed by atoms with Crippen molar-refractivity contribution in [2.24, 2.45) is 0 Å². The molecule has 5 nitrogen and oxygen atoms in total. The van der Waals surface area contributed by atoms with E-state index in [1.807, 2.05) is 47.4 Å². The molecular formula is C26H24ClN3O2. The Hall–Kier alpha value is -3.44. The maximum absolute atomic E-state index is 13.5. The highest BCUT2D eigenvalue weighted by Crippen LogP contribution is 2.39. The number of aryl methyl sites for hydroxylation is 1. The van der Waals surface area contributed by atoms with Crippen LogP contribution in [-0.4, -0.2) is 29.6 Å². The number of urea groups is 1. The third kappa shape index (κ3) is 3.59. The number of ether oxygens (including phenoxy) is 1. The maximum Gasteiger partial charge on any atom is 0.322 e. The average molecular weight is 446 g/mol. The first-order valence-corrected chi connectivity index (χ1v) is 11.0. The Kier molecular flexibility index (Phi) is 5.27. The van der Waals surface area contributed by atoms with Crippen molar-refractivity contribution >= 4 is 34.2 Å². The monoisotopic (exact) mass is 445 g/mol. The molecule has 1 atom stereocenters. The molecule has 0 spiro atoms. The second kappa shape index (κ2) is 8.24. The van der Waals surface area contributed by atoms with E-state index in [-0.39, 0.29) is 12.1 Å². The van der Waals surface area contributed by atoms with Crippen molar-refractivity contribution in [2.75, 3.05) is 19.0 Å². The number of anilines is 1. The summed E-state index contributed by atoms with van der Waals surface area (Å²) in [5.41, 5.74) is 6.17. The largest absolute Gasteiger partial charge is 0.495 e. The average Bonchev–Trinajstić information content (AvgIpc) is 3.17. The van der Waals surface area contributed by atoms with Crippen LogP contribution >= 0.6 is 11.6 Å². The minimum Gasteiger partial charge on any atom is -0.495 e. The first kappa shape index (κ1) is 20.5. The lowest BCUT2D eigenvalue weighted by atomic mass is 9.92. The topological polar surface area (TPSA) is 57.4 Å². The van der Waals surface area contributed by atoms with Crippen molar-refractivity contribution < 1.29 is 9.53 Å². The Morgan fingerprint density at radius 1 is 1.12 bits per heavy atom. The molecule has 6 heteroatoms. The zero-order chi connectivity index (χ0) is 22.2. The molecule has 0 saturated heterocycles. The van der Waals surface area contributed by atoms with Gasteiger partial charge in [0.05, 0.1) is 18.8 Å². The smallest absolute Gasteiger partial charge is 0.322 e. The highest BCUT2D eigenvalue weighted by Gasteiger charge is 2.34. The minimum atomic E-state index is -0.236. The van der Waals surface area contributed by atoms with Gasteiger partial charge < -0.3 is 19.9 Å². The van der Waals surface area contributed by atoms with Crippen LogP contribution in [0.3, 0.4) is 0 Å². The van der Waals surface area contributed by atoms with Crippen molar-refractivity contribution in [1.29, 1.82) is 0 Å². The van der Waals surface area contributed by atoms with E-state index < -0.39 is 0 Å². The number of nitrogens with one attached hydrogen (secondary N) is 2. The normalized spacial score (nSPS) is 15.5. The summed E-state index contributed by atoms with van der Waals surface area (Å²) in [6, 6.07) is 21.3. The third-order valence-electron chi connectivity index (χ3n) is 6.09. The van der Waals surface area contributed by atoms with Crippen LogP contribution in [-0.2, 0) is 6.42 Å². The first-order chi connectivity index (χ1) is 15.5. The number of para-hydroxylation sites is 2. The fraction of sp³-hybridized carbons (Fsp3) is 0.192. The Bertz CT molecular complexity index is 1300. The van der Waals surface area contributed by atoms with Gasteiger partial charge in [-0.2, -0.15) is 0 Å². The minimum absolute atomic E-state index is 0.164. The van der Waals surface area contributed by atoms with Gasteiger partial charge in [0.15, 0.2) is 0 Å². The summed E-state index contributed by atoms with van der Waals surface area (Å²) in [5.74, 6) is 0.630. The molecule has 0 aliphatic carbocycles. The molecular weight excluding hydrogens is 422 g/mol. The number of H-pyrrole nitrogens is 1. The molecule has 2 N–H and O–H groups in total. The summed E-state index contributed by atoms with van der Waals surface area (Å²) in [5, 5.41) is 4.87. The van der Waals surface area contributed by atoms with Crippen molar-refractivity contribution in [3.05, 3.63) is 94.1 Å². The number of amides is 2. The molecule has 0 saturated carbocycles. The van der Waals surface area contributed by atoms with Gasteiger partial charge >= 0.3 is 6.03 Å². The van der Waals surface area contributed by atoms with Gasteiger partial charge in [-0.1, -0.05) is 53.6 Å². The highest BCUT2D eigenvalue weighted by atomic mass is 35.5. The zero-order valence-corrected chi connectivity index (χ0v) is 18.7. The SMILES string of the molecule is COc1ccccc1NC(=O)N1CCc2c([nH]c3ccc(Cl)cc23)[C@H]1c1ccc(C)cc1. The van der Waals surface area contributed by atoms with Gasteiger partial charge in [0, 0.05) is 28.2 Å². The Labute approximate surface area is 192 Å². The van der Waals surface area contributed by atoms with E-state index in [9.17, 15) is 4.79 Å². The number of fused-ring (bicyclic) bond motifs is 3. The Morgan fingerprint density at radius 3 is 2.69 bits per heavy atom. The molecule has 0 radical (unpaired) electrons. The number of methoxy groups -OCH3 is 1. The van der Waals surface area contributed by atoms with E-state index in [2.05, 4.69) is 41.5 Å². The molecule has 1 aliphatic heterocycles. The van der Waals surface area contributed by atoms with E-state index >= 15 is 0 Å². The van der Waals surface area contributed by atoms with E-state index in [0.29, 0.717) is 23.0 Å². The van der Waals surface area contributed by atoms with E-state index in [1.165, 1.54) is 11.1 Å². The summed E-state index contributed by atoms with van der Waals surface area (Å²) in [4.78, 5) is 18.9. The number of carbonyl (C=O) groups is 1. The predicted octanol–water partition coefficient (Wildman–Crippen LogP) is 6.32. The maximum atomic E-state index is 13.5. The number of carbonyl (C=O) groups excluding carboxylic acids is 1. The van der Waals surface area contributed by atoms with Crippen LogP contribution in [0, 0.1) is 6.92 Å². The van der Waals surface area contributed by atoms with Crippen molar-refractivity contribution in [3.63, 3.8) is 0 Å². The summed E-state index contributed by atoms with van der Waals surface area (Å²) < 4.78 is 5.41. The van der Waals surface area contributed by atoms with Gasteiger partial charge in [0.1, 0.15) is 5.75 Å². The molecule has 4 aromatic rings. The molecule has 2 amide bonds. The molecule has 1 aromatic heterocycles. The first-order valence-electron chi connectivity index (χ1n) is 10.6. The predicted molar refractivity (Wildman–Crippen MR) is 129 cm³/mol. The van der Waals surface area contributed by atoms with E-state index in [4.69, 9.17) is 16.3 Å². The van der Waals surface area contributed by atoms with Gasteiger partial charge in [0.25, 0.3) is 0 Å². The highest BCUT2D eigenvalue weighted by molar-refractivity contribution is 6.31. The summed E-state index contributed by atoms with van der Waals surface area (Å²) >= 11 is 6.29. The number of hydrogen-bond acceptors (Lipinski definition) is 2. The number of aromatic amines is 1. The molecule has 0 fully saturated rings. The van der Waals surface area contributed by atoms with Crippen LogP contribution in [0.5, 0.6) is 5.75 Å². The molecule has 3 aromatic carbocycles. The number of nitrogens with zero attached hydrogens (tertiary/aromatic N) is 1. The standard InChI is InChI=1S/C26H24ClN3O2/c1-16-7-9-17(10-8-16)25-24-19(20-15-18(27)11-12-21(20)28-24)13-14-30(25)26(31)29-22-5-3-4-6-23(22)32-2/h3-12,15,25,28H,13-14H2,1-2H3,(H,29,31)/t25-/m1/s1. The van der Waals surface area contributed by atoms with Gasteiger partial charge in [0.2, 0.25) is 0 Å². The molecule has 0 bridgehead atoms. The quantitative estimate of drug-likeness (QED) is 0.387. The van der Waals surface area contributed by atoms with Gasteiger partial charge in [-0.3, -0.25) is 0 Å². The molecule has 2 heterocycles. The van der Waals surface area contributed by atoms with Crippen LogP contribution < -0.4 is 10.1 Å². The molecule has 162 valence electrons. The molecule has 5 rings (SSSR count). The number of benzene rings is 3. The van der Waals surface area contributed by atoms with Gasteiger partial charge in [-0.25, -0.2) is 4.79 Å². The zero-order valence-electron chi connectivity index (χ0n) is 18.0. The molecule has 0 unspecified atom stereocenters. The molecule has 1 aliphatic rings. The van der Waals surface area contributed by atoms with Crippen molar-refractivity contribution in [3.8, 4) is 5.75 Å². The number of hydrogen-bond donors (Lipinski definition) is 2. The van der Waals surface area contributed by atoms with Gasteiger partial charge in [-0.15, -0.1) is 0 Å².